The summed E-state index contributed by atoms with van der Waals surface area (Å²) in [6, 6.07) is 5.08. The van der Waals surface area contributed by atoms with E-state index >= 15 is 0 Å². The number of hydrogen-bond acceptors (Lipinski definition) is 2. The molecule has 1 heterocycles. The highest BCUT2D eigenvalue weighted by atomic mass is 32.1. The van der Waals surface area contributed by atoms with Crippen LogP contribution in [0.25, 0.3) is 0 Å². The summed E-state index contributed by atoms with van der Waals surface area (Å²) in [7, 11) is 0. The average Bonchev–Trinajstić information content (AvgIpc) is 2.63. The lowest BCUT2D eigenvalue weighted by atomic mass is 9.85. The van der Waals surface area contributed by atoms with Crippen molar-refractivity contribution in [3.05, 3.63) is 21.9 Å². The van der Waals surface area contributed by atoms with E-state index < -0.39 is 0 Å². The number of rotatable bonds is 5. The van der Waals surface area contributed by atoms with E-state index in [1.807, 2.05) is 11.3 Å². The van der Waals surface area contributed by atoms with Crippen LogP contribution in [0.5, 0.6) is 0 Å². The van der Waals surface area contributed by atoms with Crippen molar-refractivity contribution in [2.24, 2.45) is 5.92 Å². The first kappa shape index (κ1) is 11.2. The van der Waals surface area contributed by atoms with Crippen LogP contribution in [0, 0.1) is 5.92 Å². The molecular weight excluding hydrogens is 202 g/mol. The molecule has 0 aliphatic heterocycles. The molecule has 1 N–H and O–H groups in total. The fraction of sp³-hybridized carbons (Fsp3) is 0.692. The molecule has 1 saturated carbocycles. The van der Waals surface area contributed by atoms with Crippen LogP contribution >= 0.6 is 11.3 Å². The summed E-state index contributed by atoms with van der Waals surface area (Å²) in [5.74, 6) is 0.957. The SMILES string of the molecule is CCc1ccc(C(C)NCC2CCC2)s1. The summed E-state index contributed by atoms with van der Waals surface area (Å²) in [6.45, 7) is 5.71. The minimum absolute atomic E-state index is 0.538. The molecule has 0 saturated heterocycles. The zero-order valence-corrected chi connectivity index (χ0v) is 10.6. The average molecular weight is 223 g/mol. The first-order valence-corrected chi connectivity index (χ1v) is 6.93. The number of hydrogen-bond donors (Lipinski definition) is 1. The Bertz CT molecular complexity index is 301. The van der Waals surface area contributed by atoms with Gasteiger partial charge in [-0.25, -0.2) is 0 Å². The van der Waals surface area contributed by atoms with Crippen molar-refractivity contribution >= 4 is 11.3 Å². The lowest BCUT2D eigenvalue weighted by Crippen LogP contribution is -2.28. The Hall–Kier alpha value is -0.340. The predicted molar refractivity (Wildman–Crippen MR) is 67.5 cm³/mol. The van der Waals surface area contributed by atoms with Crippen molar-refractivity contribution in [3.8, 4) is 0 Å². The smallest absolute Gasteiger partial charge is 0.0386 e. The molecule has 0 spiro atoms. The number of nitrogens with one attached hydrogen (secondary N) is 1. The van der Waals surface area contributed by atoms with Gasteiger partial charge in [0.25, 0.3) is 0 Å². The minimum Gasteiger partial charge on any atom is -0.309 e. The van der Waals surface area contributed by atoms with Gasteiger partial charge in [0.2, 0.25) is 0 Å². The maximum atomic E-state index is 3.65. The van der Waals surface area contributed by atoms with Crippen molar-refractivity contribution in [2.75, 3.05) is 6.54 Å². The Labute approximate surface area is 96.9 Å². The van der Waals surface area contributed by atoms with Crippen LogP contribution in [0.15, 0.2) is 12.1 Å². The summed E-state index contributed by atoms with van der Waals surface area (Å²) in [6.07, 6.45) is 5.48. The molecule has 0 radical (unpaired) electrons. The van der Waals surface area contributed by atoms with Crippen LogP contribution in [-0.2, 0) is 6.42 Å². The Morgan fingerprint density at radius 1 is 1.47 bits per heavy atom. The molecule has 0 aromatic carbocycles. The molecule has 1 unspecified atom stereocenters. The van der Waals surface area contributed by atoms with Gasteiger partial charge in [-0.3, -0.25) is 0 Å². The molecule has 1 aliphatic rings. The maximum absolute atomic E-state index is 3.65. The van der Waals surface area contributed by atoms with E-state index in [9.17, 15) is 0 Å². The standard InChI is InChI=1S/C13H21NS/c1-3-12-7-8-13(15-12)10(2)14-9-11-5-4-6-11/h7-8,10-11,14H,3-6,9H2,1-2H3. The first-order chi connectivity index (χ1) is 7.29. The Morgan fingerprint density at radius 2 is 2.27 bits per heavy atom. The maximum Gasteiger partial charge on any atom is 0.0386 e. The van der Waals surface area contributed by atoms with E-state index in [0.29, 0.717) is 6.04 Å². The summed E-state index contributed by atoms with van der Waals surface area (Å²) >= 11 is 1.96. The van der Waals surface area contributed by atoms with Gasteiger partial charge >= 0.3 is 0 Å². The van der Waals surface area contributed by atoms with Crippen molar-refractivity contribution in [1.82, 2.24) is 5.32 Å². The molecule has 15 heavy (non-hydrogen) atoms. The fourth-order valence-corrected chi connectivity index (χ4v) is 2.94. The van der Waals surface area contributed by atoms with Crippen LogP contribution in [0.3, 0.4) is 0 Å². The van der Waals surface area contributed by atoms with Gasteiger partial charge in [-0.15, -0.1) is 11.3 Å². The monoisotopic (exact) mass is 223 g/mol. The van der Waals surface area contributed by atoms with E-state index in [0.717, 1.165) is 5.92 Å². The number of thiophene rings is 1. The van der Waals surface area contributed by atoms with Crippen molar-refractivity contribution in [3.63, 3.8) is 0 Å². The largest absolute Gasteiger partial charge is 0.309 e. The van der Waals surface area contributed by atoms with E-state index in [4.69, 9.17) is 0 Å². The highest BCUT2D eigenvalue weighted by Crippen LogP contribution is 2.27. The zero-order chi connectivity index (χ0) is 10.7. The van der Waals surface area contributed by atoms with Crippen molar-refractivity contribution in [1.29, 1.82) is 0 Å². The second kappa shape index (κ2) is 5.13. The Balaban J connectivity index is 1.80. The normalized spacial score (nSPS) is 18.8. The second-order valence-corrected chi connectivity index (χ2v) is 5.78. The van der Waals surface area contributed by atoms with Crippen molar-refractivity contribution < 1.29 is 0 Å². The quantitative estimate of drug-likeness (QED) is 0.801. The van der Waals surface area contributed by atoms with Gasteiger partial charge in [0, 0.05) is 15.8 Å². The van der Waals surface area contributed by atoms with Gasteiger partial charge in [0.15, 0.2) is 0 Å². The molecule has 0 bridgehead atoms. The van der Waals surface area contributed by atoms with E-state index in [1.165, 1.54) is 42.0 Å². The van der Waals surface area contributed by atoms with Crippen LogP contribution in [0.4, 0.5) is 0 Å². The molecule has 1 aliphatic carbocycles. The molecule has 2 heteroatoms. The molecule has 1 aromatic heterocycles. The van der Waals surface area contributed by atoms with E-state index in [-0.39, 0.29) is 0 Å². The van der Waals surface area contributed by atoms with E-state index in [2.05, 4.69) is 31.3 Å². The molecule has 84 valence electrons. The summed E-state index contributed by atoms with van der Waals surface area (Å²) in [4.78, 5) is 2.99. The molecule has 2 rings (SSSR count). The summed E-state index contributed by atoms with van der Waals surface area (Å²) in [5, 5.41) is 3.65. The molecule has 1 nitrogen and oxygen atoms in total. The van der Waals surface area contributed by atoms with Crippen LogP contribution in [-0.4, -0.2) is 6.54 Å². The number of aryl methyl sites for hydroxylation is 1. The molecule has 0 amide bonds. The second-order valence-electron chi connectivity index (χ2n) is 4.58. The van der Waals surface area contributed by atoms with Gasteiger partial charge in [-0.05, 0) is 50.8 Å². The zero-order valence-electron chi connectivity index (χ0n) is 9.75. The highest BCUT2D eigenvalue weighted by Gasteiger charge is 2.18. The van der Waals surface area contributed by atoms with Gasteiger partial charge < -0.3 is 5.32 Å². The van der Waals surface area contributed by atoms with Gasteiger partial charge in [-0.1, -0.05) is 13.3 Å². The van der Waals surface area contributed by atoms with Crippen LogP contribution in [0.1, 0.15) is 48.9 Å². The third kappa shape index (κ3) is 2.82. The summed E-state index contributed by atoms with van der Waals surface area (Å²) < 4.78 is 0. The lowest BCUT2D eigenvalue weighted by molar-refractivity contribution is 0.293. The third-order valence-corrected chi connectivity index (χ3v) is 4.81. The molecule has 1 aromatic rings. The predicted octanol–water partition coefficient (Wildman–Crippen LogP) is 3.76. The Kier molecular flexibility index (Phi) is 3.81. The molecular formula is C13H21NS. The van der Waals surface area contributed by atoms with Gasteiger partial charge in [0.1, 0.15) is 0 Å². The highest BCUT2D eigenvalue weighted by molar-refractivity contribution is 7.12. The first-order valence-electron chi connectivity index (χ1n) is 6.11. The van der Waals surface area contributed by atoms with Gasteiger partial charge in [0.05, 0.1) is 0 Å². The fourth-order valence-electron chi connectivity index (χ4n) is 1.96. The van der Waals surface area contributed by atoms with Crippen LogP contribution in [0.2, 0.25) is 0 Å². The Morgan fingerprint density at radius 3 is 2.80 bits per heavy atom. The van der Waals surface area contributed by atoms with Gasteiger partial charge in [-0.2, -0.15) is 0 Å². The van der Waals surface area contributed by atoms with Crippen molar-refractivity contribution in [2.45, 2.75) is 45.6 Å². The lowest BCUT2D eigenvalue weighted by Gasteiger charge is -2.27. The molecule has 1 fully saturated rings. The molecule has 1 atom stereocenters. The van der Waals surface area contributed by atoms with Crippen LogP contribution < -0.4 is 5.32 Å². The van der Waals surface area contributed by atoms with E-state index in [1.54, 1.807) is 0 Å². The third-order valence-electron chi connectivity index (χ3n) is 3.40. The minimum atomic E-state index is 0.538. The summed E-state index contributed by atoms with van der Waals surface area (Å²) in [5.41, 5.74) is 0. The topological polar surface area (TPSA) is 12.0 Å².